The molecule has 1 aliphatic rings. The van der Waals surface area contributed by atoms with Crippen molar-refractivity contribution in [1.29, 1.82) is 0 Å². The molecular formula is C18H22N3O3+. The lowest BCUT2D eigenvalue weighted by molar-refractivity contribution is -0.706. The molecule has 0 bridgehead atoms. The number of pyridine rings is 1. The smallest absolute Gasteiger partial charge is 0.289 e. The van der Waals surface area contributed by atoms with Crippen molar-refractivity contribution in [2.45, 2.75) is 19.5 Å². The van der Waals surface area contributed by atoms with E-state index in [9.17, 15) is 4.79 Å². The van der Waals surface area contributed by atoms with Crippen LogP contribution >= 0.6 is 0 Å². The van der Waals surface area contributed by atoms with Gasteiger partial charge in [-0.15, -0.1) is 0 Å². The monoisotopic (exact) mass is 328 g/mol. The number of nitrogens with one attached hydrogen (secondary N) is 1. The maximum Gasteiger partial charge on any atom is 0.289 e. The molecule has 2 heterocycles. The van der Waals surface area contributed by atoms with Crippen LogP contribution in [0.3, 0.4) is 0 Å². The fraction of sp³-hybridized carbons (Fsp3) is 0.333. The summed E-state index contributed by atoms with van der Waals surface area (Å²) in [5, 5.41) is 2.96. The number of carbonyl (C=O) groups excluding carboxylic acids is 1. The van der Waals surface area contributed by atoms with Gasteiger partial charge in [-0.3, -0.25) is 4.79 Å². The zero-order chi connectivity index (χ0) is 17.1. The lowest BCUT2D eigenvalue weighted by atomic mass is 10.2. The SMILES string of the molecule is C[C@H](C(=O)NCc1ccc2c(c1)OCO2)[n+]1ccc(N(C)C)cc1. The number of carbonyl (C=O) groups is 1. The summed E-state index contributed by atoms with van der Waals surface area (Å²) in [6.07, 6.45) is 3.83. The third kappa shape index (κ3) is 3.42. The molecule has 0 spiro atoms. The van der Waals surface area contributed by atoms with Gasteiger partial charge in [0.15, 0.2) is 23.9 Å². The van der Waals surface area contributed by atoms with E-state index in [1.165, 1.54) is 0 Å². The molecule has 0 radical (unpaired) electrons. The van der Waals surface area contributed by atoms with E-state index in [1.54, 1.807) is 0 Å². The van der Waals surface area contributed by atoms with E-state index in [2.05, 4.69) is 5.32 Å². The number of ether oxygens (including phenoxy) is 2. The van der Waals surface area contributed by atoms with Crippen molar-refractivity contribution in [3.05, 3.63) is 48.3 Å². The van der Waals surface area contributed by atoms with Crippen molar-refractivity contribution in [3.8, 4) is 11.5 Å². The van der Waals surface area contributed by atoms with Gasteiger partial charge in [0.25, 0.3) is 5.91 Å². The Hall–Kier alpha value is -2.76. The Labute approximate surface area is 141 Å². The molecule has 3 rings (SSSR count). The van der Waals surface area contributed by atoms with Gasteiger partial charge in [-0.25, -0.2) is 0 Å². The lowest BCUT2D eigenvalue weighted by Gasteiger charge is -2.12. The topological polar surface area (TPSA) is 54.7 Å². The van der Waals surface area contributed by atoms with E-state index >= 15 is 0 Å². The predicted molar refractivity (Wildman–Crippen MR) is 90.1 cm³/mol. The van der Waals surface area contributed by atoms with E-state index in [-0.39, 0.29) is 18.7 Å². The first-order chi connectivity index (χ1) is 11.5. The Balaban J connectivity index is 1.60. The summed E-state index contributed by atoms with van der Waals surface area (Å²) in [4.78, 5) is 14.4. The average molecular weight is 328 g/mol. The van der Waals surface area contributed by atoms with Crippen LogP contribution in [0.5, 0.6) is 11.5 Å². The summed E-state index contributed by atoms with van der Waals surface area (Å²) in [6.45, 7) is 2.59. The van der Waals surface area contributed by atoms with E-state index in [0.717, 1.165) is 22.7 Å². The van der Waals surface area contributed by atoms with Gasteiger partial charge in [-0.05, 0) is 17.7 Å². The quantitative estimate of drug-likeness (QED) is 0.848. The number of aromatic nitrogens is 1. The molecule has 2 aromatic rings. The van der Waals surface area contributed by atoms with Crippen molar-refractivity contribution in [1.82, 2.24) is 5.32 Å². The number of hydrogen-bond acceptors (Lipinski definition) is 4. The summed E-state index contributed by atoms with van der Waals surface area (Å²) >= 11 is 0. The molecule has 126 valence electrons. The average Bonchev–Trinajstić information content (AvgIpc) is 3.06. The highest BCUT2D eigenvalue weighted by Crippen LogP contribution is 2.32. The summed E-state index contributed by atoms with van der Waals surface area (Å²) in [5.74, 6) is 1.44. The Morgan fingerprint density at radius 1 is 1.21 bits per heavy atom. The second-order valence-electron chi connectivity index (χ2n) is 5.98. The number of fused-ring (bicyclic) bond motifs is 1. The van der Waals surface area contributed by atoms with Crippen LogP contribution in [0.25, 0.3) is 0 Å². The van der Waals surface area contributed by atoms with Crippen LogP contribution in [0.1, 0.15) is 18.5 Å². The van der Waals surface area contributed by atoms with Crippen molar-refractivity contribution in [2.24, 2.45) is 0 Å². The Morgan fingerprint density at radius 2 is 1.92 bits per heavy atom. The van der Waals surface area contributed by atoms with E-state index in [1.807, 2.05) is 73.2 Å². The number of nitrogens with zero attached hydrogens (tertiary/aromatic N) is 2. The van der Waals surface area contributed by atoms with Crippen molar-refractivity contribution in [2.75, 3.05) is 25.8 Å². The van der Waals surface area contributed by atoms with E-state index in [0.29, 0.717) is 6.54 Å². The number of anilines is 1. The molecule has 6 heteroatoms. The van der Waals surface area contributed by atoms with Gasteiger partial charge in [-0.1, -0.05) is 6.07 Å². The summed E-state index contributed by atoms with van der Waals surface area (Å²) < 4.78 is 12.5. The molecular weight excluding hydrogens is 306 g/mol. The van der Waals surface area contributed by atoms with Gasteiger partial charge in [0.1, 0.15) is 0 Å². The number of benzene rings is 1. The first-order valence-corrected chi connectivity index (χ1v) is 7.89. The molecule has 1 atom stereocenters. The fourth-order valence-corrected chi connectivity index (χ4v) is 2.51. The molecule has 24 heavy (non-hydrogen) atoms. The normalized spacial score (nSPS) is 13.5. The van der Waals surface area contributed by atoms with Gasteiger partial charge >= 0.3 is 0 Å². The first kappa shape index (κ1) is 16.1. The number of amides is 1. The molecule has 6 nitrogen and oxygen atoms in total. The highest BCUT2D eigenvalue weighted by Gasteiger charge is 2.22. The molecule has 1 aliphatic heterocycles. The zero-order valence-corrected chi connectivity index (χ0v) is 14.2. The maximum atomic E-state index is 12.4. The van der Waals surface area contributed by atoms with Crippen molar-refractivity contribution < 1.29 is 18.8 Å². The first-order valence-electron chi connectivity index (χ1n) is 7.89. The van der Waals surface area contributed by atoms with Gasteiger partial charge in [-0.2, -0.15) is 4.57 Å². The minimum absolute atomic E-state index is 0.0322. The Bertz CT molecular complexity index is 729. The molecule has 0 fully saturated rings. The minimum atomic E-state index is -0.282. The molecule has 1 N–H and O–H groups in total. The van der Waals surface area contributed by atoms with Crippen LogP contribution in [0.15, 0.2) is 42.7 Å². The zero-order valence-electron chi connectivity index (χ0n) is 14.2. The highest BCUT2D eigenvalue weighted by atomic mass is 16.7. The van der Waals surface area contributed by atoms with Gasteiger partial charge < -0.3 is 19.7 Å². The van der Waals surface area contributed by atoms with Crippen LogP contribution in [-0.4, -0.2) is 26.8 Å². The summed E-state index contributed by atoms with van der Waals surface area (Å²) in [7, 11) is 3.97. The van der Waals surface area contributed by atoms with E-state index in [4.69, 9.17) is 9.47 Å². The molecule has 0 aliphatic carbocycles. The van der Waals surface area contributed by atoms with Crippen LogP contribution in [0.4, 0.5) is 5.69 Å². The second-order valence-corrected chi connectivity index (χ2v) is 5.98. The Kier molecular flexibility index (Phi) is 4.55. The Morgan fingerprint density at radius 3 is 2.62 bits per heavy atom. The molecule has 1 amide bonds. The van der Waals surface area contributed by atoms with Crippen LogP contribution in [-0.2, 0) is 11.3 Å². The third-order valence-electron chi connectivity index (χ3n) is 4.08. The van der Waals surface area contributed by atoms with Gasteiger partial charge in [0.2, 0.25) is 12.8 Å². The van der Waals surface area contributed by atoms with E-state index < -0.39 is 0 Å². The van der Waals surface area contributed by atoms with Crippen LogP contribution < -0.4 is 24.3 Å². The fourth-order valence-electron chi connectivity index (χ4n) is 2.51. The molecule has 1 aromatic carbocycles. The largest absolute Gasteiger partial charge is 0.454 e. The number of rotatable bonds is 5. The molecule has 0 saturated carbocycles. The summed E-state index contributed by atoms with van der Waals surface area (Å²) in [6, 6.07) is 9.38. The van der Waals surface area contributed by atoms with Gasteiger partial charge in [0.05, 0.1) is 0 Å². The lowest BCUT2D eigenvalue weighted by Crippen LogP contribution is -2.46. The van der Waals surface area contributed by atoms with Crippen molar-refractivity contribution in [3.63, 3.8) is 0 Å². The highest BCUT2D eigenvalue weighted by molar-refractivity contribution is 5.78. The summed E-state index contributed by atoms with van der Waals surface area (Å²) in [5.41, 5.74) is 2.08. The number of hydrogen-bond donors (Lipinski definition) is 1. The minimum Gasteiger partial charge on any atom is -0.454 e. The molecule has 0 unspecified atom stereocenters. The molecule has 0 saturated heterocycles. The second kappa shape index (κ2) is 6.78. The molecule has 1 aromatic heterocycles. The third-order valence-corrected chi connectivity index (χ3v) is 4.08. The van der Waals surface area contributed by atoms with Crippen LogP contribution in [0, 0.1) is 0 Å². The van der Waals surface area contributed by atoms with Gasteiger partial charge in [0, 0.05) is 45.4 Å². The van der Waals surface area contributed by atoms with Crippen molar-refractivity contribution >= 4 is 11.6 Å². The standard InChI is InChI=1S/C18H21N3O3/c1-13(21-8-6-15(7-9-21)20(2)3)18(22)19-11-14-4-5-16-17(10-14)24-12-23-16/h4-10,13H,11-12H2,1-3H3/p+1/t13-/m1/s1. The van der Waals surface area contributed by atoms with Crippen LogP contribution in [0.2, 0.25) is 0 Å². The maximum absolute atomic E-state index is 12.4. The predicted octanol–water partition coefficient (Wildman–Crippen LogP) is 1.65.